The molecule has 1 aromatic carbocycles. The van der Waals surface area contributed by atoms with Gasteiger partial charge in [0.05, 0.1) is 22.7 Å². The summed E-state index contributed by atoms with van der Waals surface area (Å²) in [4.78, 5) is 20.5. The molecule has 0 amide bonds. The predicted molar refractivity (Wildman–Crippen MR) is 95.2 cm³/mol. The summed E-state index contributed by atoms with van der Waals surface area (Å²) in [7, 11) is 0. The van der Waals surface area contributed by atoms with E-state index in [0.29, 0.717) is 22.9 Å². The highest BCUT2D eigenvalue weighted by Gasteiger charge is 2.17. The Morgan fingerprint density at radius 2 is 1.96 bits per heavy atom. The van der Waals surface area contributed by atoms with E-state index in [1.165, 1.54) is 12.1 Å². The van der Waals surface area contributed by atoms with E-state index in [2.05, 4.69) is 9.97 Å². The van der Waals surface area contributed by atoms with Crippen molar-refractivity contribution >= 4 is 51.8 Å². The van der Waals surface area contributed by atoms with E-state index in [4.69, 9.17) is 39.5 Å². The molecule has 0 atom stereocenters. The maximum atomic E-state index is 12.2. The first-order valence-electron chi connectivity index (χ1n) is 7.24. The quantitative estimate of drug-likeness (QED) is 0.521. The maximum absolute atomic E-state index is 12.2. The van der Waals surface area contributed by atoms with Crippen LogP contribution in [0.15, 0.2) is 30.3 Å². The minimum absolute atomic E-state index is 0.0676. The van der Waals surface area contributed by atoms with Gasteiger partial charge in [0.15, 0.2) is 5.69 Å². The van der Waals surface area contributed by atoms with Crippen LogP contribution < -0.4 is 0 Å². The van der Waals surface area contributed by atoms with Gasteiger partial charge in [0.2, 0.25) is 0 Å². The number of rotatable bonds is 5. The molecule has 0 aliphatic rings. The number of imidazole rings is 1. The molecule has 0 unspecified atom stereocenters. The minimum Gasteiger partial charge on any atom is -0.453 e. The number of hydrogen-bond donors (Lipinski definition) is 1. The second-order valence-corrected chi connectivity index (χ2v) is 6.31. The lowest BCUT2D eigenvalue weighted by Crippen LogP contribution is -2.13. The van der Waals surface area contributed by atoms with Crippen molar-refractivity contribution in [2.45, 2.75) is 13.2 Å². The molecule has 0 saturated heterocycles. The average Bonchev–Trinajstić information content (AvgIpc) is 2.92. The summed E-state index contributed by atoms with van der Waals surface area (Å²) in [5.41, 5.74) is 1.36. The molecular weight excluding hydrogens is 389 g/mol. The molecule has 3 rings (SSSR count). The zero-order valence-electron chi connectivity index (χ0n) is 12.7. The third-order valence-corrected chi connectivity index (χ3v) is 4.20. The number of fused-ring (bicyclic) bond motifs is 1. The van der Waals surface area contributed by atoms with Crippen LogP contribution in [0.3, 0.4) is 0 Å². The Balaban J connectivity index is 1.86. The summed E-state index contributed by atoms with van der Waals surface area (Å²) in [6.07, 6.45) is 0. The molecule has 9 heteroatoms. The van der Waals surface area contributed by atoms with Crippen LogP contribution in [-0.2, 0) is 17.9 Å². The SMILES string of the molecule is O=C(OCc1nc2ccc(Cl)cc2n1CCO)c1nc(Cl)ccc1Cl. The van der Waals surface area contributed by atoms with Crippen LogP contribution in [0.1, 0.15) is 16.3 Å². The number of halogens is 3. The monoisotopic (exact) mass is 399 g/mol. The molecular formula is C16H12Cl3N3O3. The van der Waals surface area contributed by atoms with Crippen LogP contribution in [-0.4, -0.2) is 32.2 Å². The molecule has 130 valence electrons. The molecule has 0 bridgehead atoms. The lowest BCUT2D eigenvalue weighted by molar-refractivity contribution is 0.0451. The Morgan fingerprint density at radius 3 is 2.72 bits per heavy atom. The number of benzene rings is 1. The number of aliphatic hydroxyl groups is 1. The lowest BCUT2D eigenvalue weighted by Gasteiger charge is -2.09. The van der Waals surface area contributed by atoms with E-state index < -0.39 is 5.97 Å². The van der Waals surface area contributed by atoms with Gasteiger partial charge in [-0.1, -0.05) is 34.8 Å². The Kier molecular flexibility index (Phi) is 5.44. The maximum Gasteiger partial charge on any atom is 0.358 e. The highest BCUT2D eigenvalue weighted by molar-refractivity contribution is 6.34. The zero-order chi connectivity index (χ0) is 18.0. The first-order valence-corrected chi connectivity index (χ1v) is 8.37. The topological polar surface area (TPSA) is 77.2 Å². The molecule has 3 aromatic rings. The third-order valence-electron chi connectivity index (χ3n) is 3.45. The van der Waals surface area contributed by atoms with Gasteiger partial charge in [0, 0.05) is 11.6 Å². The fraction of sp³-hybridized carbons (Fsp3) is 0.188. The number of esters is 1. The molecule has 0 spiro atoms. The molecule has 1 N–H and O–H groups in total. The number of carbonyl (C=O) groups excluding carboxylic acids is 1. The molecule has 0 aliphatic heterocycles. The molecule has 0 saturated carbocycles. The first-order chi connectivity index (χ1) is 12.0. The van der Waals surface area contributed by atoms with Crippen LogP contribution in [0, 0.1) is 0 Å². The minimum atomic E-state index is -0.715. The second-order valence-electron chi connectivity index (χ2n) is 5.08. The molecule has 0 radical (unpaired) electrons. The summed E-state index contributed by atoms with van der Waals surface area (Å²) in [6, 6.07) is 8.15. The number of carbonyl (C=O) groups is 1. The van der Waals surface area contributed by atoms with E-state index in [0.717, 1.165) is 5.52 Å². The van der Waals surface area contributed by atoms with Gasteiger partial charge < -0.3 is 14.4 Å². The van der Waals surface area contributed by atoms with Gasteiger partial charge in [-0.2, -0.15) is 0 Å². The van der Waals surface area contributed by atoms with E-state index in [-0.39, 0.29) is 29.1 Å². The van der Waals surface area contributed by atoms with E-state index in [1.54, 1.807) is 22.8 Å². The number of ether oxygens (including phenoxy) is 1. The van der Waals surface area contributed by atoms with Crippen LogP contribution >= 0.6 is 34.8 Å². The van der Waals surface area contributed by atoms with Gasteiger partial charge in [-0.05, 0) is 30.3 Å². The van der Waals surface area contributed by atoms with Gasteiger partial charge in [-0.15, -0.1) is 0 Å². The zero-order valence-corrected chi connectivity index (χ0v) is 15.0. The van der Waals surface area contributed by atoms with Crippen molar-refractivity contribution in [1.29, 1.82) is 0 Å². The van der Waals surface area contributed by atoms with Crippen molar-refractivity contribution in [2.24, 2.45) is 0 Å². The number of aliphatic hydroxyl groups excluding tert-OH is 1. The number of hydrogen-bond acceptors (Lipinski definition) is 5. The summed E-state index contributed by atoms with van der Waals surface area (Å²) in [5.74, 6) is -0.244. The van der Waals surface area contributed by atoms with E-state index >= 15 is 0 Å². The molecule has 2 aromatic heterocycles. The van der Waals surface area contributed by atoms with E-state index in [1.807, 2.05) is 0 Å². The molecule has 6 nitrogen and oxygen atoms in total. The largest absolute Gasteiger partial charge is 0.453 e. The van der Waals surface area contributed by atoms with E-state index in [9.17, 15) is 9.90 Å². The number of nitrogens with zero attached hydrogens (tertiary/aromatic N) is 3. The molecule has 25 heavy (non-hydrogen) atoms. The second kappa shape index (κ2) is 7.58. The van der Waals surface area contributed by atoms with Gasteiger partial charge in [0.1, 0.15) is 17.6 Å². The van der Waals surface area contributed by atoms with Crippen LogP contribution in [0.2, 0.25) is 15.2 Å². The number of pyridine rings is 1. The standard InChI is InChI=1S/C16H12Cl3N3O3/c17-9-1-3-11-12(7-9)22(5-6-23)14(20-11)8-25-16(24)15-10(18)2-4-13(19)21-15/h1-4,7,23H,5-6,8H2. The van der Waals surface area contributed by atoms with Crippen molar-refractivity contribution in [3.8, 4) is 0 Å². The Morgan fingerprint density at radius 1 is 1.16 bits per heavy atom. The fourth-order valence-corrected chi connectivity index (χ4v) is 2.86. The molecule has 0 aliphatic carbocycles. The van der Waals surface area contributed by atoms with Crippen LogP contribution in [0.4, 0.5) is 0 Å². The highest BCUT2D eigenvalue weighted by Crippen LogP contribution is 2.22. The first kappa shape index (κ1) is 17.9. The Hall–Kier alpha value is -1.86. The highest BCUT2D eigenvalue weighted by atomic mass is 35.5. The van der Waals surface area contributed by atoms with Crippen molar-refractivity contribution < 1.29 is 14.6 Å². The third kappa shape index (κ3) is 3.88. The Bertz CT molecular complexity index is 943. The average molecular weight is 401 g/mol. The van der Waals surface area contributed by atoms with Crippen molar-refractivity contribution in [1.82, 2.24) is 14.5 Å². The van der Waals surface area contributed by atoms with Gasteiger partial charge >= 0.3 is 5.97 Å². The normalized spacial score (nSPS) is 11.0. The predicted octanol–water partition coefficient (Wildman–Crippen LogP) is 3.74. The van der Waals surface area contributed by atoms with Gasteiger partial charge in [0.25, 0.3) is 0 Å². The number of aromatic nitrogens is 3. The fourth-order valence-electron chi connectivity index (χ4n) is 2.37. The molecule has 2 heterocycles. The van der Waals surface area contributed by atoms with Crippen molar-refractivity contribution in [3.05, 3.63) is 57.0 Å². The van der Waals surface area contributed by atoms with Crippen LogP contribution in [0.5, 0.6) is 0 Å². The van der Waals surface area contributed by atoms with Crippen LogP contribution in [0.25, 0.3) is 11.0 Å². The van der Waals surface area contributed by atoms with Gasteiger partial charge in [-0.25, -0.2) is 14.8 Å². The van der Waals surface area contributed by atoms with Crippen molar-refractivity contribution in [3.63, 3.8) is 0 Å². The summed E-state index contributed by atoms with van der Waals surface area (Å²) in [6.45, 7) is 0.0795. The van der Waals surface area contributed by atoms with Gasteiger partial charge in [-0.3, -0.25) is 0 Å². The summed E-state index contributed by atoms with van der Waals surface area (Å²) in [5, 5.41) is 10.1. The molecule has 0 fully saturated rings. The summed E-state index contributed by atoms with van der Waals surface area (Å²) < 4.78 is 6.99. The Labute approximate surface area is 157 Å². The van der Waals surface area contributed by atoms with Crippen molar-refractivity contribution in [2.75, 3.05) is 6.61 Å². The lowest BCUT2D eigenvalue weighted by atomic mass is 10.3. The summed E-state index contributed by atoms with van der Waals surface area (Å²) >= 11 is 17.7. The smallest absolute Gasteiger partial charge is 0.358 e.